The Balaban J connectivity index is 1.90. The van der Waals surface area contributed by atoms with Crippen molar-refractivity contribution in [3.63, 3.8) is 0 Å². The second kappa shape index (κ2) is 4.89. The molecular weight excluding hydrogens is 242 g/mol. The SMILES string of the molecule is O=C(NCC(F)(F)CO)[C@@H]1Cc2ccccc2N1. The molecule has 18 heavy (non-hydrogen) atoms. The van der Waals surface area contributed by atoms with Crippen LogP contribution in [0.4, 0.5) is 14.5 Å². The van der Waals surface area contributed by atoms with Crippen molar-refractivity contribution < 1.29 is 18.7 Å². The van der Waals surface area contributed by atoms with Crippen LogP contribution in [0.5, 0.6) is 0 Å². The largest absolute Gasteiger partial charge is 0.390 e. The molecule has 0 spiro atoms. The molecule has 0 radical (unpaired) electrons. The van der Waals surface area contributed by atoms with Crippen LogP contribution in [0.25, 0.3) is 0 Å². The lowest BCUT2D eigenvalue weighted by molar-refractivity contribution is -0.124. The third-order valence-electron chi connectivity index (χ3n) is 2.84. The number of aliphatic hydroxyl groups is 1. The summed E-state index contributed by atoms with van der Waals surface area (Å²) in [5, 5.41) is 13.5. The summed E-state index contributed by atoms with van der Waals surface area (Å²) in [6.07, 6.45) is 0.479. The quantitative estimate of drug-likeness (QED) is 0.745. The van der Waals surface area contributed by atoms with Gasteiger partial charge in [0.15, 0.2) is 0 Å². The molecular formula is C12H14F2N2O2. The third kappa shape index (κ3) is 2.76. The van der Waals surface area contributed by atoms with Crippen molar-refractivity contribution in [1.82, 2.24) is 5.32 Å². The number of nitrogens with one attached hydrogen (secondary N) is 2. The molecule has 1 aliphatic heterocycles. The number of fused-ring (bicyclic) bond motifs is 1. The highest BCUT2D eigenvalue weighted by molar-refractivity contribution is 5.87. The zero-order valence-corrected chi connectivity index (χ0v) is 9.62. The summed E-state index contributed by atoms with van der Waals surface area (Å²) in [5.41, 5.74) is 1.85. The second-order valence-electron chi connectivity index (χ2n) is 4.29. The first-order valence-corrected chi connectivity index (χ1v) is 5.63. The van der Waals surface area contributed by atoms with Gasteiger partial charge in [-0.2, -0.15) is 0 Å². The topological polar surface area (TPSA) is 61.4 Å². The number of amides is 1. The molecule has 1 atom stereocenters. The lowest BCUT2D eigenvalue weighted by atomic mass is 10.1. The van der Waals surface area contributed by atoms with E-state index in [1.165, 1.54) is 0 Å². The molecule has 0 fully saturated rings. The van der Waals surface area contributed by atoms with Crippen molar-refractivity contribution >= 4 is 11.6 Å². The summed E-state index contributed by atoms with van der Waals surface area (Å²) in [7, 11) is 0. The normalized spacial score (nSPS) is 18.1. The van der Waals surface area contributed by atoms with Crippen LogP contribution < -0.4 is 10.6 Å². The zero-order valence-electron chi connectivity index (χ0n) is 9.62. The first-order valence-electron chi connectivity index (χ1n) is 5.63. The van der Waals surface area contributed by atoms with Crippen LogP contribution in [-0.4, -0.2) is 36.1 Å². The van der Waals surface area contributed by atoms with E-state index in [1.54, 1.807) is 0 Å². The van der Waals surface area contributed by atoms with Gasteiger partial charge in [-0.3, -0.25) is 4.79 Å². The fourth-order valence-corrected chi connectivity index (χ4v) is 1.85. The molecule has 1 aromatic carbocycles. The number of benzene rings is 1. The van der Waals surface area contributed by atoms with E-state index in [0.717, 1.165) is 11.3 Å². The summed E-state index contributed by atoms with van der Waals surface area (Å²) in [6, 6.07) is 6.90. The Morgan fingerprint density at radius 1 is 1.50 bits per heavy atom. The van der Waals surface area contributed by atoms with Crippen LogP contribution in [-0.2, 0) is 11.2 Å². The van der Waals surface area contributed by atoms with Gasteiger partial charge in [-0.15, -0.1) is 0 Å². The number of anilines is 1. The predicted molar refractivity (Wildman–Crippen MR) is 62.6 cm³/mol. The number of hydrogen-bond acceptors (Lipinski definition) is 3. The fourth-order valence-electron chi connectivity index (χ4n) is 1.85. The standard InChI is InChI=1S/C12H14F2N2O2/c13-12(14,7-17)6-15-11(18)10-5-8-3-1-2-4-9(8)16-10/h1-4,10,16-17H,5-7H2,(H,15,18)/t10-/m0/s1. The Bertz CT molecular complexity index is 426. The van der Waals surface area contributed by atoms with Crippen LogP contribution in [0, 0.1) is 0 Å². The summed E-state index contributed by atoms with van der Waals surface area (Å²) in [4.78, 5) is 11.7. The number of para-hydroxylation sites is 1. The van der Waals surface area contributed by atoms with E-state index >= 15 is 0 Å². The van der Waals surface area contributed by atoms with Crippen LogP contribution >= 0.6 is 0 Å². The maximum atomic E-state index is 12.8. The van der Waals surface area contributed by atoms with E-state index in [9.17, 15) is 13.6 Å². The Labute approximate surface area is 103 Å². The number of carbonyl (C=O) groups is 1. The average molecular weight is 256 g/mol. The molecule has 2 rings (SSSR count). The average Bonchev–Trinajstić information content (AvgIpc) is 2.80. The predicted octanol–water partition coefficient (Wildman–Crippen LogP) is 0.767. The van der Waals surface area contributed by atoms with E-state index in [0.29, 0.717) is 6.42 Å². The van der Waals surface area contributed by atoms with Gasteiger partial charge in [0, 0.05) is 12.1 Å². The van der Waals surface area contributed by atoms with Gasteiger partial charge >= 0.3 is 0 Å². The van der Waals surface area contributed by atoms with Gasteiger partial charge in [-0.1, -0.05) is 18.2 Å². The van der Waals surface area contributed by atoms with E-state index in [1.807, 2.05) is 24.3 Å². The van der Waals surface area contributed by atoms with Gasteiger partial charge < -0.3 is 15.7 Å². The van der Waals surface area contributed by atoms with Crippen LogP contribution in [0.3, 0.4) is 0 Å². The molecule has 6 heteroatoms. The third-order valence-corrected chi connectivity index (χ3v) is 2.84. The molecule has 3 N–H and O–H groups in total. The number of aliphatic hydroxyl groups excluding tert-OH is 1. The first kappa shape index (κ1) is 12.8. The van der Waals surface area contributed by atoms with Crippen molar-refractivity contribution in [3.05, 3.63) is 29.8 Å². The van der Waals surface area contributed by atoms with Crippen LogP contribution in [0.2, 0.25) is 0 Å². The van der Waals surface area contributed by atoms with Gasteiger partial charge in [-0.25, -0.2) is 8.78 Å². The molecule has 98 valence electrons. The van der Waals surface area contributed by atoms with E-state index in [4.69, 9.17) is 5.11 Å². The Hall–Kier alpha value is -1.69. The van der Waals surface area contributed by atoms with Crippen LogP contribution in [0.15, 0.2) is 24.3 Å². The number of hydrogen-bond donors (Lipinski definition) is 3. The number of rotatable bonds is 4. The van der Waals surface area contributed by atoms with Crippen molar-refractivity contribution in [1.29, 1.82) is 0 Å². The van der Waals surface area contributed by atoms with Gasteiger partial charge in [0.25, 0.3) is 5.92 Å². The van der Waals surface area contributed by atoms with Gasteiger partial charge in [0.2, 0.25) is 5.91 Å². The van der Waals surface area contributed by atoms with Crippen molar-refractivity contribution in [2.75, 3.05) is 18.5 Å². The lowest BCUT2D eigenvalue weighted by Crippen LogP contribution is -2.45. The Morgan fingerprint density at radius 3 is 2.89 bits per heavy atom. The van der Waals surface area contributed by atoms with Gasteiger partial charge in [0.05, 0.1) is 6.54 Å². The monoisotopic (exact) mass is 256 g/mol. The first-order chi connectivity index (χ1) is 8.52. The van der Waals surface area contributed by atoms with Gasteiger partial charge in [-0.05, 0) is 11.6 Å². The molecule has 0 bridgehead atoms. The van der Waals surface area contributed by atoms with Crippen molar-refractivity contribution in [2.45, 2.75) is 18.4 Å². The minimum atomic E-state index is -3.28. The van der Waals surface area contributed by atoms with Crippen molar-refractivity contribution in [3.8, 4) is 0 Å². The smallest absolute Gasteiger partial charge is 0.287 e. The van der Waals surface area contributed by atoms with Crippen LogP contribution in [0.1, 0.15) is 5.56 Å². The summed E-state index contributed by atoms with van der Waals surface area (Å²) in [6.45, 7) is -2.12. The molecule has 1 aliphatic rings. The summed E-state index contributed by atoms with van der Waals surface area (Å²) in [5.74, 6) is -3.76. The minimum Gasteiger partial charge on any atom is -0.390 e. The fraction of sp³-hybridized carbons (Fsp3) is 0.417. The highest BCUT2D eigenvalue weighted by Gasteiger charge is 2.31. The molecule has 4 nitrogen and oxygen atoms in total. The maximum Gasteiger partial charge on any atom is 0.287 e. The lowest BCUT2D eigenvalue weighted by Gasteiger charge is -2.16. The molecule has 1 heterocycles. The van der Waals surface area contributed by atoms with E-state index in [-0.39, 0.29) is 0 Å². The summed E-state index contributed by atoms with van der Waals surface area (Å²) >= 11 is 0. The van der Waals surface area contributed by atoms with E-state index < -0.39 is 31.0 Å². The minimum absolute atomic E-state index is 0.479. The molecule has 1 aromatic rings. The highest BCUT2D eigenvalue weighted by Crippen LogP contribution is 2.25. The Kier molecular flexibility index (Phi) is 3.47. The maximum absolute atomic E-state index is 12.8. The number of halogens is 2. The van der Waals surface area contributed by atoms with Gasteiger partial charge in [0.1, 0.15) is 12.6 Å². The molecule has 0 saturated carbocycles. The Morgan fingerprint density at radius 2 is 2.22 bits per heavy atom. The number of alkyl halides is 2. The highest BCUT2D eigenvalue weighted by atomic mass is 19.3. The zero-order chi connectivity index (χ0) is 13.2. The summed E-state index contributed by atoms with van der Waals surface area (Å²) < 4.78 is 25.6. The second-order valence-corrected chi connectivity index (χ2v) is 4.29. The molecule has 0 saturated heterocycles. The molecule has 0 aliphatic carbocycles. The number of carbonyl (C=O) groups excluding carboxylic acids is 1. The van der Waals surface area contributed by atoms with E-state index in [2.05, 4.69) is 10.6 Å². The molecule has 1 amide bonds. The van der Waals surface area contributed by atoms with Crippen molar-refractivity contribution in [2.24, 2.45) is 0 Å². The molecule has 0 aromatic heterocycles. The molecule has 0 unspecified atom stereocenters.